The molecule has 0 radical (unpaired) electrons. The number of nitriles is 1. The second-order valence-corrected chi connectivity index (χ2v) is 11.2. The highest BCUT2D eigenvalue weighted by Gasteiger charge is 2.60. The van der Waals surface area contributed by atoms with Gasteiger partial charge in [0.15, 0.2) is 5.78 Å². The highest BCUT2D eigenvalue weighted by Crippen LogP contribution is 2.56. The standard InChI is InChI=1S/C27H29Cl2F2N3O2/c1-5-18(35)13-33-25(36)34-14-16(12-26(2,3)4)27(15-32,20-10-9-17(28)11-22(20)30)24(34)19-7-6-8-21(29)23(19)31/h6-11,16,24H,5,12-14H2,1-4H3,(H,33,36)/t16-,24-,27-/m1/s1. The van der Waals surface area contributed by atoms with Gasteiger partial charge < -0.3 is 10.2 Å². The van der Waals surface area contributed by atoms with Crippen molar-refractivity contribution in [2.45, 2.75) is 52.0 Å². The first kappa shape index (κ1) is 27.9. The summed E-state index contributed by atoms with van der Waals surface area (Å²) in [6, 6.07) is 8.77. The second-order valence-electron chi connectivity index (χ2n) is 10.3. The molecule has 1 fully saturated rings. The molecule has 5 nitrogen and oxygen atoms in total. The van der Waals surface area contributed by atoms with E-state index >= 15 is 8.78 Å². The summed E-state index contributed by atoms with van der Waals surface area (Å²) in [7, 11) is 0. The molecule has 1 aliphatic rings. The number of amides is 2. The van der Waals surface area contributed by atoms with Crippen molar-refractivity contribution in [2.75, 3.05) is 13.1 Å². The van der Waals surface area contributed by atoms with Crippen molar-refractivity contribution < 1.29 is 18.4 Å². The fourth-order valence-corrected chi connectivity index (χ4v) is 5.41. The van der Waals surface area contributed by atoms with Crippen LogP contribution < -0.4 is 5.32 Å². The third-order valence-electron chi connectivity index (χ3n) is 6.59. The van der Waals surface area contributed by atoms with Crippen LogP contribution in [0.2, 0.25) is 10.0 Å². The molecule has 0 aliphatic carbocycles. The highest BCUT2D eigenvalue weighted by molar-refractivity contribution is 6.31. The minimum absolute atomic E-state index is 0.00761. The predicted molar refractivity (Wildman–Crippen MR) is 136 cm³/mol. The summed E-state index contributed by atoms with van der Waals surface area (Å²) in [5.74, 6) is -2.28. The Labute approximate surface area is 220 Å². The van der Waals surface area contributed by atoms with Crippen molar-refractivity contribution in [2.24, 2.45) is 11.3 Å². The number of halogens is 4. The van der Waals surface area contributed by atoms with E-state index in [1.165, 1.54) is 35.2 Å². The molecule has 0 spiro atoms. The van der Waals surface area contributed by atoms with Crippen LogP contribution in [0.15, 0.2) is 36.4 Å². The SMILES string of the molecule is CCC(=O)CNC(=O)N1C[C@@H](CC(C)(C)C)[C@](C#N)(c2ccc(Cl)cc2F)[C@H]1c1cccc(Cl)c1F. The summed E-state index contributed by atoms with van der Waals surface area (Å²) in [4.78, 5) is 26.6. The number of urea groups is 1. The van der Waals surface area contributed by atoms with Gasteiger partial charge in [0, 0.05) is 35.0 Å². The number of Topliss-reactive ketones (excluding diaryl/α,β-unsaturated/α-hetero) is 1. The lowest BCUT2D eigenvalue weighted by Crippen LogP contribution is -2.45. The number of hydrogen-bond donors (Lipinski definition) is 1. The topological polar surface area (TPSA) is 73.2 Å². The Balaban J connectivity index is 2.30. The van der Waals surface area contributed by atoms with Crippen molar-refractivity contribution in [1.29, 1.82) is 5.26 Å². The van der Waals surface area contributed by atoms with E-state index in [-0.39, 0.29) is 51.9 Å². The molecule has 36 heavy (non-hydrogen) atoms. The van der Waals surface area contributed by atoms with E-state index in [1.54, 1.807) is 6.92 Å². The summed E-state index contributed by atoms with van der Waals surface area (Å²) >= 11 is 12.1. The average Bonchev–Trinajstić information content (AvgIpc) is 3.11. The number of carbonyl (C=O) groups is 2. The molecule has 2 aromatic carbocycles. The summed E-state index contributed by atoms with van der Waals surface area (Å²) in [6.45, 7) is 7.43. The predicted octanol–water partition coefficient (Wildman–Crippen LogP) is 6.83. The maximum absolute atomic E-state index is 15.5. The molecule has 1 aliphatic heterocycles. The number of nitrogens with one attached hydrogen (secondary N) is 1. The number of ketones is 1. The molecule has 3 rings (SSSR count). The molecular weight excluding hydrogens is 507 g/mol. The van der Waals surface area contributed by atoms with Crippen LogP contribution in [0.3, 0.4) is 0 Å². The number of hydrogen-bond acceptors (Lipinski definition) is 3. The molecule has 2 amide bonds. The van der Waals surface area contributed by atoms with Crippen molar-refractivity contribution in [3.63, 3.8) is 0 Å². The molecular formula is C27H29Cl2F2N3O2. The molecule has 0 unspecified atom stereocenters. The highest BCUT2D eigenvalue weighted by atomic mass is 35.5. The smallest absolute Gasteiger partial charge is 0.318 e. The molecule has 9 heteroatoms. The normalized spacial score (nSPS) is 21.8. The second kappa shape index (κ2) is 10.7. The van der Waals surface area contributed by atoms with Crippen LogP contribution in [-0.2, 0) is 10.2 Å². The zero-order valence-electron chi connectivity index (χ0n) is 20.7. The molecule has 192 valence electrons. The van der Waals surface area contributed by atoms with E-state index in [4.69, 9.17) is 23.2 Å². The van der Waals surface area contributed by atoms with Crippen molar-refractivity contribution in [3.05, 3.63) is 69.2 Å². The van der Waals surface area contributed by atoms with Gasteiger partial charge in [0.05, 0.1) is 23.7 Å². The summed E-state index contributed by atoms with van der Waals surface area (Å²) in [5.41, 5.74) is -1.96. The maximum atomic E-state index is 15.5. The number of likely N-dealkylation sites (tertiary alicyclic amines) is 1. The van der Waals surface area contributed by atoms with Crippen molar-refractivity contribution in [3.8, 4) is 6.07 Å². The summed E-state index contributed by atoms with van der Waals surface area (Å²) in [6.07, 6.45) is 0.663. The van der Waals surface area contributed by atoms with Crippen LogP contribution in [0.4, 0.5) is 13.6 Å². The molecule has 3 atom stereocenters. The lowest BCUT2D eigenvalue weighted by Gasteiger charge is -2.38. The van der Waals surface area contributed by atoms with Crippen molar-refractivity contribution >= 4 is 35.0 Å². The number of carbonyl (C=O) groups excluding carboxylic acids is 2. The van der Waals surface area contributed by atoms with Gasteiger partial charge in [-0.25, -0.2) is 13.6 Å². The van der Waals surface area contributed by atoms with Crippen LogP contribution in [0.25, 0.3) is 0 Å². The molecule has 2 aromatic rings. The van der Waals surface area contributed by atoms with Gasteiger partial charge in [-0.3, -0.25) is 4.79 Å². The Morgan fingerprint density at radius 1 is 1.22 bits per heavy atom. The Morgan fingerprint density at radius 3 is 2.50 bits per heavy atom. The first-order valence-electron chi connectivity index (χ1n) is 11.7. The molecule has 1 N–H and O–H groups in total. The van der Waals surface area contributed by atoms with E-state index in [9.17, 15) is 14.9 Å². The van der Waals surface area contributed by atoms with E-state index in [2.05, 4.69) is 11.4 Å². The first-order valence-corrected chi connectivity index (χ1v) is 12.5. The lowest BCUT2D eigenvalue weighted by molar-refractivity contribution is -0.117. The van der Waals surface area contributed by atoms with Crippen LogP contribution in [0.5, 0.6) is 0 Å². The maximum Gasteiger partial charge on any atom is 0.318 e. The lowest BCUT2D eigenvalue weighted by atomic mass is 9.63. The van der Waals surface area contributed by atoms with Crippen molar-refractivity contribution in [1.82, 2.24) is 10.2 Å². The largest absolute Gasteiger partial charge is 0.331 e. The fourth-order valence-electron chi connectivity index (χ4n) is 5.07. The molecule has 0 aromatic heterocycles. The van der Waals surface area contributed by atoms with Gasteiger partial charge in [0.2, 0.25) is 0 Å². The summed E-state index contributed by atoms with van der Waals surface area (Å²) in [5, 5.41) is 13.3. The Kier molecular flexibility index (Phi) is 8.32. The third kappa shape index (κ3) is 5.35. The minimum Gasteiger partial charge on any atom is -0.331 e. The fraction of sp³-hybridized carbons (Fsp3) is 0.444. The van der Waals surface area contributed by atoms with Gasteiger partial charge >= 0.3 is 6.03 Å². The van der Waals surface area contributed by atoms with E-state index < -0.39 is 35.0 Å². The van der Waals surface area contributed by atoms with Gasteiger partial charge in [-0.05, 0) is 30.0 Å². The molecule has 1 saturated heterocycles. The third-order valence-corrected chi connectivity index (χ3v) is 7.12. The summed E-state index contributed by atoms with van der Waals surface area (Å²) < 4.78 is 31.0. The number of rotatable bonds is 6. The Bertz CT molecular complexity index is 1210. The molecule has 1 heterocycles. The van der Waals surface area contributed by atoms with E-state index in [0.29, 0.717) is 6.42 Å². The van der Waals surface area contributed by atoms with Gasteiger partial charge in [-0.1, -0.05) is 69.1 Å². The Morgan fingerprint density at radius 2 is 1.92 bits per heavy atom. The van der Waals surface area contributed by atoms with Gasteiger partial charge in [0.25, 0.3) is 0 Å². The Hall–Kier alpha value is -2.69. The quantitative estimate of drug-likeness (QED) is 0.440. The first-order chi connectivity index (χ1) is 16.9. The molecule has 0 bridgehead atoms. The zero-order valence-corrected chi connectivity index (χ0v) is 22.2. The minimum atomic E-state index is -1.67. The zero-order chi connectivity index (χ0) is 26.8. The van der Waals surface area contributed by atoms with Gasteiger partial charge in [-0.15, -0.1) is 0 Å². The van der Waals surface area contributed by atoms with Gasteiger partial charge in [0.1, 0.15) is 17.0 Å². The van der Waals surface area contributed by atoms with Gasteiger partial charge in [-0.2, -0.15) is 5.26 Å². The molecule has 0 saturated carbocycles. The van der Waals surface area contributed by atoms with Crippen LogP contribution in [0, 0.1) is 34.3 Å². The van der Waals surface area contributed by atoms with Crippen LogP contribution in [0.1, 0.15) is 57.7 Å². The monoisotopic (exact) mass is 535 g/mol. The van der Waals surface area contributed by atoms with E-state index in [0.717, 1.165) is 6.07 Å². The number of benzene rings is 2. The van der Waals surface area contributed by atoms with Crippen LogP contribution in [-0.4, -0.2) is 29.8 Å². The average molecular weight is 536 g/mol. The number of nitrogens with zero attached hydrogens (tertiary/aromatic N) is 2. The van der Waals surface area contributed by atoms with E-state index in [1.807, 2.05) is 20.8 Å². The van der Waals surface area contributed by atoms with Crippen LogP contribution >= 0.6 is 23.2 Å².